The van der Waals surface area contributed by atoms with Gasteiger partial charge in [0.05, 0.1) is 4.55 Å². The Morgan fingerprint density at radius 2 is 2.31 bits per heavy atom. The summed E-state index contributed by atoms with van der Waals surface area (Å²) < 4.78 is 24.2. The van der Waals surface area contributed by atoms with Crippen molar-refractivity contribution in [2.45, 2.75) is 12.5 Å². The van der Waals surface area contributed by atoms with Gasteiger partial charge in [0.15, 0.2) is 0 Å². The average molecular weight is 319 g/mol. The first kappa shape index (κ1) is 11.6. The van der Waals surface area contributed by atoms with Crippen molar-refractivity contribution in [2.75, 3.05) is 24.7 Å². The van der Waals surface area contributed by atoms with Gasteiger partial charge in [-0.15, -0.1) is 0 Å². The zero-order chi connectivity index (χ0) is 10.1. The zero-order valence-corrected chi connectivity index (χ0v) is 10.5. The van der Waals surface area contributed by atoms with Crippen LogP contribution in [0, 0.1) is 0 Å². The molecule has 0 amide bonds. The molecule has 1 atom stereocenters. The Kier molecular flexibility index (Phi) is 3.93. The lowest BCUT2D eigenvalue weighted by Crippen LogP contribution is -2.42. The number of nitrogens with zero attached hydrogens (tertiary/aromatic N) is 2. The lowest BCUT2D eigenvalue weighted by Gasteiger charge is -2.21. The summed E-state index contributed by atoms with van der Waals surface area (Å²) in [6.07, 6.45) is 0.871. The summed E-state index contributed by atoms with van der Waals surface area (Å²) in [6.45, 7) is 1.74. The van der Waals surface area contributed by atoms with Crippen molar-refractivity contribution in [2.24, 2.45) is 5.14 Å². The molecule has 1 saturated heterocycles. The van der Waals surface area contributed by atoms with E-state index in [1.54, 1.807) is 0 Å². The van der Waals surface area contributed by atoms with Crippen LogP contribution in [0.3, 0.4) is 0 Å². The van der Waals surface area contributed by atoms with E-state index in [9.17, 15) is 8.42 Å². The van der Waals surface area contributed by atoms with Crippen LogP contribution in [0.4, 0.5) is 0 Å². The molecule has 1 unspecified atom stereocenters. The molecule has 1 rings (SSSR count). The van der Waals surface area contributed by atoms with Gasteiger partial charge in [0, 0.05) is 26.2 Å². The second kappa shape index (κ2) is 4.39. The molecule has 1 aliphatic heterocycles. The van der Waals surface area contributed by atoms with E-state index >= 15 is 0 Å². The molecule has 5 nitrogen and oxygen atoms in total. The molecule has 0 aromatic carbocycles. The van der Waals surface area contributed by atoms with E-state index in [1.807, 2.05) is 0 Å². The van der Waals surface area contributed by atoms with Gasteiger partial charge < -0.3 is 0 Å². The van der Waals surface area contributed by atoms with Gasteiger partial charge in [0.2, 0.25) is 0 Å². The molecule has 0 bridgehead atoms. The van der Waals surface area contributed by atoms with Crippen LogP contribution in [0.25, 0.3) is 0 Å². The largest absolute Gasteiger partial charge is 0.293 e. The minimum absolute atomic E-state index is 0.0461. The molecule has 1 heterocycles. The maximum Gasteiger partial charge on any atom is 0.276 e. The average Bonchev–Trinajstić information content (AvgIpc) is 2.48. The van der Waals surface area contributed by atoms with E-state index in [4.69, 9.17) is 5.14 Å². The van der Waals surface area contributed by atoms with Crippen LogP contribution >= 0.6 is 22.6 Å². The Labute approximate surface area is 92.6 Å². The first-order chi connectivity index (χ1) is 5.95. The quantitative estimate of drug-likeness (QED) is 0.437. The summed E-state index contributed by atoms with van der Waals surface area (Å²) in [5, 5.41) is 5.02. The van der Waals surface area contributed by atoms with Gasteiger partial charge in [0.1, 0.15) is 0 Å². The molecule has 1 aliphatic rings. The van der Waals surface area contributed by atoms with Gasteiger partial charge in [-0.1, -0.05) is 22.6 Å². The molecule has 0 aliphatic carbocycles. The number of hydrogen-bond acceptors (Lipinski definition) is 3. The predicted molar refractivity (Wildman–Crippen MR) is 59.7 cm³/mol. The van der Waals surface area contributed by atoms with Crippen LogP contribution in [0.2, 0.25) is 0 Å². The monoisotopic (exact) mass is 319 g/mol. The molecule has 0 spiro atoms. The summed E-state index contributed by atoms with van der Waals surface area (Å²) in [7, 11) is -1.98. The lowest BCUT2D eigenvalue weighted by molar-refractivity contribution is 0.342. The van der Waals surface area contributed by atoms with Gasteiger partial charge in [-0.2, -0.15) is 12.7 Å². The second-order valence-corrected chi connectivity index (χ2v) is 5.49. The Morgan fingerprint density at radius 3 is 2.69 bits per heavy atom. The third-order valence-electron chi connectivity index (χ3n) is 2.33. The normalized spacial score (nSPS) is 25.7. The van der Waals surface area contributed by atoms with Crippen molar-refractivity contribution >= 4 is 32.8 Å². The van der Waals surface area contributed by atoms with Crippen molar-refractivity contribution in [1.29, 1.82) is 0 Å². The first-order valence-corrected chi connectivity index (χ1v) is 7.02. The first-order valence-electron chi connectivity index (χ1n) is 3.99. The number of hydrogen-bond donors (Lipinski definition) is 1. The van der Waals surface area contributed by atoms with Crippen LogP contribution < -0.4 is 5.14 Å². The summed E-state index contributed by atoms with van der Waals surface area (Å²) in [6, 6.07) is 0.0461. The molecule has 7 heteroatoms. The van der Waals surface area contributed by atoms with E-state index in [0.29, 0.717) is 0 Å². The van der Waals surface area contributed by atoms with Crippen molar-refractivity contribution < 1.29 is 8.42 Å². The maximum atomic E-state index is 11.0. The Morgan fingerprint density at radius 1 is 1.69 bits per heavy atom. The van der Waals surface area contributed by atoms with Gasteiger partial charge in [0.25, 0.3) is 10.2 Å². The van der Waals surface area contributed by atoms with Crippen LogP contribution in [-0.2, 0) is 10.2 Å². The highest BCUT2D eigenvalue weighted by atomic mass is 127. The maximum absolute atomic E-state index is 11.0. The smallest absolute Gasteiger partial charge is 0.276 e. The van der Waals surface area contributed by atoms with Crippen molar-refractivity contribution in [3.8, 4) is 0 Å². The standard InChI is InChI=1S/C6H14IN3O2S/c1-9(13(8,11)12)6-2-3-10(4-6)5-7/h6H,2-5H2,1H3,(H2,8,11,12). The third-order valence-corrected chi connectivity index (χ3v) is 4.40. The Bertz CT molecular complexity index is 269. The number of rotatable bonds is 3. The highest BCUT2D eigenvalue weighted by molar-refractivity contribution is 14.1. The minimum Gasteiger partial charge on any atom is -0.293 e. The van der Waals surface area contributed by atoms with Gasteiger partial charge in [-0.25, -0.2) is 5.14 Å². The van der Waals surface area contributed by atoms with Crippen LogP contribution in [0.5, 0.6) is 0 Å². The SMILES string of the molecule is CN(C1CCN(CI)C1)S(N)(=O)=O. The van der Waals surface area contributed by atoms with Crippen molar-refractivity contribution in [3.63, 3.8) is 0 Å². The fourth-order valence-electron chi connectivity index (χ4n) is 1.43. The summed E-state index contributed by atoms with van der Waals surface area (Å²) >= 11 is 2.27. The molecule has 0 saturated carbocycles. The molecule has 2 N–H and O–H groups in total. The fourth-order valence-corrected chi connectivity index (χ4v) is 2.63. The number of likely N-dealkylation sites (tertiary alicyclic amines) is 1. The molecular weight excluding hydrogens is 305 g/mol. The summed E-state index contributed by atoms with van der Waals surface area (Å²) in [4.78, 5) is 2.20. The topological polar surface area (TPSA) is 66.6 Å². The third kappa shape index (κ3) is 3.01. The number of likely N-dealkylation sites (N-methyl/N-ethyl adjacent to an activating group) is 1. The Hall–Kier alpha value is 0.560. The van der Waals surface area contributed by atoms with Crippen LogP contribution in [0.15, 0.2) is 0 Å². The number of halogens is 1. The number of nitrogens with two attached hydrogens (primary N) is 1. The van der Waals surface area contributed by atoms with Gasteiger partial charge in [-0.3, -0.25) is 4.90 Å². The molecule has 1 fully saturated rings. The zero-order valence-electron chi connectivity index (χ0n) is 7.48. The van der Waals surface area contributed by atoms with E-state index in [2.05, 4.69) is 27.5 Å². The van der Waals surface area contributed by atoms with Crippen molar-refractivity contribution in [1.82, 2.24) is 9.21 Å². The summed E-state index contributed by atoms with van der Waals surface area (Å²) in [5.74, 6) is 0. The van der Waals surface area contributed by atoms with E-state index in [-0.39, 0.29) is 6.04 Å². The molecule has 0 aromatic rings. The number of alkyl halides is 1. The lowest BCUT2D eigenvalue weighted by atomic mass is 10.3. The van der Waals surface area contributed by atoms with Crippen molar-refractivity contribution in [3.05, 3.63) is 0 Å². The van der Waals surface area contributed by atoms with Gasteiger partial charge >= 0.3 is 0 Å². The molecule has 0 radical (unpaired) electrons. The molecule has 13 heavy (non-hydrogen) atoms. The van der Waals surface area contributed by atoms with Crippen LogP contribution in [0.1, 0.15) is 6.42 Å². The highest BCUT2D eigenvalue weighted by Crippen LogP contribution is 2.16. The van der Waals surface area contributed by atoms with E-state index in [0.717, 1.165) is 24.1 Å². The van der Waals surface area contributed by atoms with E-state index in [1.165, 1.54) is 11.4 Å². The minimum atomic E-state index is -3.51. The van der Waals surface area contributed by atoms with Crippen LogP contribution in [-0.4, -0.2) is 48.4 Å². The van der Waals surface area contributed by atoms with Gasteiger partial charge in [-0.05, 0) is 6.42 Å². The molecule has 78 valence electrons. The van der Waals surface area contributed by atoms with E-state index < -0.39 is 10.2 Å². The second-order valence-electron chi connectivity index (χ2n) is 3.20. The predicted octanol–water partition coefficient (Wildman–Crippen LogP) is -0.411. The highest BCUT2D eigenvalue weighted by Gasteiger charge is 2.29. The summed E-state index contributed by atoms with van der Waals surface area (Å²) in [5.41, 5.74) is 0. The molecule has 0 aromatic heterocycles. The Balaban J connectivity index is 2.56. The fraction of sp³-hybridized carbons (Fsp3) is 1.00. The molecular formula is C6H14IN3O2S.